The molecule has 0 aromatic carbocycles. The molecule has 2 rings (SSSR count). The lowest BCUT2D eigenvalue weighted by Crippen LogP contribution is -2.31. The lowest BCUT2D eigenvalue weighted by molar-refractivity contribution is 0.190. The van der Waals surface area contributed by atoms with Gasteiger partial charge in [-0.1, -0.05) is 0 Å². The van der Waals surface area contributed by atoms with Crippen LogP contribution in [0.15, 0.2) is 18.7 Å². The molecule has 0 spiro atoms. The lowest BCUT2D eigenvalue weighted by atomic mass is 10.2. The first-order chi connectivity index (χ1) is 6.45. The van der Waals surface area contributed by atoms with Gasteiger partial charge in [0.25, 0.3) is 0 Å². The van der Waals surface area contributed by atoms with Crippen molar-refractivity contribution in [1.82, 2.24) is 14.9 Å². The molecule has 0 aliphatic carbocycles. The van der Waals surface area contributed by atoms with E-state index < -0.39 is 0 Å². The molecule has 13 heavy (non-hydrogen) atoms. The Morgan fingerprint density at radius 2 is 2.62 bits per heavy atom. The van der Waals surface area contributed by atoms with Crippen LogP contribution >= 0.6 is 0 Å². The van der Waals surface area contributed by atoms with Crippen molar-refractivity contribution >= 4 is 0 Å². The molecule has 1 N–H and O–H groups in total. The normalized spacial score (nSPS) is 22.3. The van der Waals surface area contributed by atoms with E-state index in [1.165, 1.54) is 0 Å². The molecule has 4 heteroatoms. The van der Waals surface area contributed by atoms with Gasteiger partial charge in [0.2, 0.25) is 0 Å². The first-order valence-electron chi connectivity index (χ1n) is 4.72. The first kappa shape index (κ1) is 8.72. The molecule has 1 saturated heterocycles. The third-order valence-electron chi connectivity index (χ3n) is 2.29. The highest BCUT2D eigenvalue weighted by Crippen LogP contribution is 2.02. The largest absolute Gasteiger partial charge is 0.380 e. The van der Waals surface area contributed by atoms with Gasteiger partial charge in [0, 0.05) is 38.1 Å². The molecule has 0 saturated carbocycles. The zero-order valence-electron chi connectivity index (χ0n) is 7.65. The van der Waals surface area contributed by atoms with Crippen LogP contribution in [0.1, 0.15) is 6.42 Å². The Labute approximate surface area is 77.9 Å². The standard InChI is InChI=1S/C9H15N3O/c1-6-13-7-9(1)11-3-5-12-4-2-10-8-12/h2,4,8-9,11H,1,3,5-7H2. The molecule has 1 aliphatic heterocycles. The Kier molecular flexibility index (Phi) is 2.94. The molecule has 0 bridgehead atoms. The molecule has 1 aromatic heterocycles. The molecular formula is C9H15N3O. The molecule has 1 atom stereocenters. The van der Waals surface area contributed by atoms with E-state index >= 15 is 0 Å². The van der Waals surface area contributed by atoms with Gasteiger partial charge < -0.3 is 14.6 Å². The summed E-state index contributed by atoms with van der Waals surface area (Å²) >= 11 is 0. The van der Waals surface area contributed by atoms with E-state index in [-0.39, 0.29) is 0 Å². The van der Waals surface area contributed by atoms with E-state index in [1.54, 1.807) is 6.20 Å². The lowest BCUT2D eigenvalue weighted by Gasteiger charge is -2.10. The minimum atomic E-state index is 0.559. The van der Waals surface area contributed by atoms with Crippen molar-refractivity contribution in [2.24, 2.45) is 0 Å². The summed E-state index contributed by atoms with van der Waals surface area (Å²) in [4.78, 5) is 3.98. The predicted octanol–water partition coefficient (Wildman–Crippen LogP) is 0.262. The minimum absolute atomic E-state index is 0.559. The third-order valence-corrected chi connectivity index (χ3v) is 2.29. The highest BCUT2D eigenvalue weighted by molar-refractivity contribution is 4.76. The van der Waals surface area contributed by atoms with Crippen molar-refractivity contribution in [2.45, 2.75) is 19.0 Å². The fourth-order valence-corrected chi connectivity index (χ4v) is 1.51. The number of nitrogens with one attached hydrogen (secondary N) is 1. The van der Waals surface area contributed by atoms with Crippen LogP contribution in [-0.2, 0) is 11.3 Å². The van der Waals surface area contributed by atoms with E-state index in [1.807, 2.05) is 12.5 Å². The fourth-order valence-electron chi connectivity index (χ4n) is 1.51. The van der Waals surface area contributed by atoms with Crippen molar-refractivity contribution < 1.29 is 4.74 Å². The van der Waals surface area contributed by atoms with E-state index in [0.717, 1.165) is 32.7 Å². The molecule has 1 unspecified atom stereocenters. The van der Waals surface area contributed by atoms with Crippen LogP contribution in [0, 0.1) is 0 Å². The van der Waals surface area contributed by atoms with Gasteiger partial charge in [0.1, 0.15) is 0 Å². The summed E-state index contributed by atoms with van der Waals surface area (Å²) in [5, 5.41) is 3.45. The van der Waals surface area contributed by atoms with Crippen LogP contribution in [0.2, 0.25) is 0 Å². The van der Waals surface area contributed by atoms with E-state index in [0.29, 0.717) is 6.04 Å². The second-order valence-electron chi connectivity index (χ2n) is 3.32. The Morgan fingerprint density at radius 1 is 1.62 bits per heavy atom. The maximum Gasteiger partial charge on any atom is 0.0946 e. The average Bonchev–Trinajstić information content (AvgIpc) is 2.75. The Morgan fingerprint density at radius 3 is 3.31 bits per heavy atom. The average molecular weight is 181 g/mol. The number of nitrogens with zero attached hydrogens (tertiary/aromatic N) is 2. The summed E-state index contributed by atoms with van der Waals surface area (Å²) in [7, 11) is 0. The maximum atomic E-state index is 5.26. The van der Waals surface area contributed by atoms with Crippen LogP contribution in [0.3, 0.4) is 0 Å². The number of hydrogen-bond donors (Lipinski definition) is 1. The van der Waals surface area contributed by atoms with Gasteiger partial charge in [-0.15, -0.1) is 0 Å². The smallest absolute Gasteiger partial charge is 0.0946 e. The quantitative estimate of drug-likeness (QED) is 0.724. The van der Waals surface area contributed by atoms with Crippen molar-refractivity contribution in [3.05, 3.63) is 18.7 Å². The van der Waals surface area contributed by atoms with Gasteiger partial charge in [0.15, 0.2) is 0 Å². The first-order valence-corrected chi connectivity index (χ1v) is 4.72. The van der Waals surface area contributed by atoms with Gasteiger partial charge in [-0.25, -0.2) is 4.98 Å². The highest BCUT2D eigenvalue weighted by atomic mass is 16.5. The molecule has 72 valence electrons. The summed E-state index contributed by atoms with van der Waals surface area (Å²) < 4.78 is 7.34. The molecule has 4 nitrogen and oxygen atoms in total. The highest BCUT2D eigenvalue weighted by Gasteiger charge is 2.13. The van der Waals surface area contributed by atoms with Crippen molar-refractivity contribution in [2.75, 3.05) is 19.8 Å². The molecule has 0 amide bonds. The predicted molar refractivity (Wildman–Crippen MR) is 49.5 cm³/mol. The zero-order valence-corrected chi connectivity index (χ0v) is 7.65. The van der Waals surface area contributed by atoms with E-state index in [9.17, 15) is 0 Å². The number of ether oxygens (including phenoxy) is 1. The Hall–Kier alpha value is -0.870. The second kappa shape index (κ2) is 4.39. The molecule has 1 fully saturated rings. The molecule has 1 aliphatic rings. The fraction of sp³-hybridized carbons (Fsp3) is 0.667. The van der Waals surface area contributed by atoms with Gasteiger partial charge in [-0.05, 0) is 6.42 Å². The second-order valence-corrected chi connectivity index (χ2v) is 3.32. The number of hydrogen-bond acceptors (Lipinski definition) is 3. The van der Waals surface area contributed by atoms with E-state index in [2.05, 4.69) is 14.9 Å². The summed E-state index contributed by atoms with van der Waals surface area (Å²) in [6.07, 6.45) is 6.77. The van der Waals surface area contributed by atoms with Gasteiger partial charge >= 0.3 is 0 Å². The zero-order chi connectivity index (χ0) is 8.93. The maximum absolute atomic E-state index is 5.26. The van der Waals surface area contributed by atoms with Crippen molar-refractivity contribution in [1.29, 1.82) is 0 Å². The SMILES string of the molecule is c1cn(CCNC2CCOC2)cn1. The molecule has 0 radical (unpaired) electrons. The molecule has 1 aromatic rings. The van der Waals surface area contributed by atoms with Crippen LogP contribution < -0.4 is 5.32 Å². The van der Waals surface area contributed by atoms with Gasteiger partial charge in [-0.3, -0.25) is 0 Å². The van der Waals surface area contributed by atoms with Crippen LogP contribution in [0.5, 0.6) is 0 Å². The molecular weight excluding hydrogens is 166 g/mol. The third kappa shape index (κ3) is 2.54. The van der Waals surface area contributed by atoms with Crippen LogP contribution in [0.4, 0.5) is 0 Å². The summed E-state index contributed by atoms with van der Waals surface area (Å²) in [6.45, 7) is 3.74. The van der Waals surface area contributed by atoms with Crippen LogP contribution in [-0.4, -0.2) is 35.4 Å². The van der Waals surface area contributed by atoms with Crippen molar-refractivity contribution in [3.8, 4) is 0 Å². The van der Waals surface area contributed by atoms with Gasteiger partial charge in [0.05, 0.1) is 12.9 Å². The Bertz CT molecular complexity index is 229. The summed E-state index contributed by atoms with van der Waals surface area (Å²) in [5.41, 5.74) is 0. The topological polar surface area (TPSA) is 39.1 Å². The minimum Gasteiger partial charge on any atom is -0.380 e. The van der Waals surface area contributed by atoms with E-state index in [4.69, 9.17) is 4.74 Å². The van der Waals surface area contributed by atoms with Crippen molar-refractivity contribution in [3.63, 3.8) is 0 Å². The summed E-state index contributed by atoms with van der Waals surface area (Å²) in [6, 6.07) is 0.559. The molecule has 2 heterocycles. The number of aromatic nitrogens is 2. The van der Waals surface area contributed by atoms with Gasteiger partial charge in [-0.2, -0.15) is 0 Å². The monoisotopic (exact) mass is 181 g/mol. The number of imidazole rings is 1. The summed E-state index contributed by atoms with van der Waals surface area (Å²) in [5.74, 6) is 0. The number of rotatable bonds is 4. The Balaban J connectivity index is 1.63. The van der Waals surface area contributed by atoms with Crippen LogP contribution in [0.25, 0.3) is 0 Å².